The Morgan fingerprint density at radius 3 is 2.73 bits per heavy atom. The quantitative estimate of drug-likeness (QED) is 0.529. The predicted octanol–water partition coefficient (Wildman–Crippen LogP) is 3.08. The lowest BCUT2D eigenvalue weighted by molar-refractivity contribution is -0.123. The SMILES string of the molecule is COc1cc(C=NNC(=O)COc2ccc3ccccc3c2)ccc1O. The number of amides is 1. The first kappa shape index (κ1) is 17.3. The van der Waals surface area contributed by atoms with Crippen molar-refractivity contribution < 1.29 is 19.4 Å². The summed E-state index contributed by atoms with van der Waals surface area (Å²) in [6, 6.07) is 18.3. The number of hydrogen-bond donors (Lipinski definition) is 2. The minimum absolute atomic E-state index is 0.0393. The van der Waals surface area contributed by atoms with E-state index in [1.54, 1.807) is 12.1 Å². The molecular weight excluding hydrogens is 332 g/mol. The highest BCUT2D eigenvalue weighted by molar-refractivity contribution is 5.85. The van der Waals surface area contributed by atoms with Crippen LogP contribution in [0.25, 0.3) is 10.8 Å². The monoisotopic (exact) mass is 350 g/mol. The van der Waals surface area contributed by atoms with Crippen molar-refractivity contribution in [3.05, 3.63) is 66.2 Å². The van der Waals surface area contributed by atoms with Gasteiger partial charge in [-0.3, -0.25) is 4.79 Å². The highest BCUT2D eigenvalue weighted by atomic mass is 16.5. The lowest BCUT2D eigenvalue weighted by atomic mass is 10.1. The predicted molar refractivity (Wildman–Crippen MR) is 99.8 cm³/mol. The molecule has 6 nitrogen and oxygen atoms in total. The number of ether oxygens (including phenoxy) is 2. The van der Waals surface area contributed by atoms with E-state index in [9.17, 15) is 9.90 Å². The van der Waals surface area contributed by atoms with E-state index in [0.29, 0.717) is 17.1 Å². The third-order valence-electron chi connectivity index (χ3n) is 3.70. The van der Waals surface area contributed by atoms with E-state index < -0.39 is 0 Å². The molecule has 2 N–H and O–H groups in total. The molecule has 0 aliphatic heterocycles. The molecule has 6 heteroatoms. The highest BCUT2D eigenvalue weighted by Crippen LogP contribution is 2.25. The zero-order valence-corrected chi connectivity index (χ0v) is 14.2. The summed E-state index contributed by atoms with van der Waals surface area (Å²) in [4.78, 5) is 11.8. The lowest BCUT2D eigenvalue weighted by Gasteiger charge is -2.06. The van der Waals surface area contributed by atoms with Gasteiger partial charge < -0.3 is 14.6 Å². The molecule has 0 atom stereocenters. The molecule has 3 rings (SSSR count). The van der Waals surface area contributed by atoms with Gasteiger partial charge in [-0.15, -0.1) is 0 Å². The molecule has 0 saturated heterocycles. The van der Waals surface area contributed by atoms with Gasteiger partial charge in [0.15, 0.2) is 18.1 Å². The van der Waals surface area contributed by atoms with Crippen molar-refractivity contribution in [3.63, 3.8) is 0 Å². The molecule has 0 aliphatic rings. The maximum atomic E-state index is 11.8. The second-order valence-electron chi connectivity index (χ2n) is 5.52. The Labute approximate surface area is 150 Å². The van der Waals surface area contributed by atoms with Gasteiger partial charge in [0.1, 0.15) is 5.75 Å². The molecule has 0 radical (unpaired) electrons. The fourth-order valence-electron chi connectivity index (χ4n) is 2.39. The topological polar surface area (TPSA) is 80.2 Å². The molecule has 0 unspecified atom stereocenters. The minimum Gasteiger partial charge on any atom is -0.504 e. The molecule has 0 fully saturated rings. The second kappa shape index (κ2) is 8.02. The summed E-state index contributed by atoms with van der Waals surface area (Å²) in [5.41, 5.74) is 3.07. The molecule has 0 heterocycles. The normalized spacial score (nSPS) is 10.8. The van der Waals surface area contributed by atoms with E-state index in [4.69, 9.17) is 9.47 Å². The van der Waals surface area contributed by atoms with E-state index in [2.05, 4.69) is 10.5 Å². The minimum atomic E-state index is -0.375. The van der Waals surface area contributed by atoms with Gasteiger partial charge in [-0.1, -0.05) is 30.3 Å². The van der Waals surface area contributed by atoms with Crippen LogP contribution < -0.4 is 14.9 Å². The standard InChI is InChI=1S/C20H18N2O4/c1-25-19-10-14(6-9-18(19)23)12-21-22-20(24)13-26-17-8-7-15-4-2-3-5-16(15)11-17/h2-12,23H,13H2,1H3,(H,22,24). The summed E-state index contributed by atoms with van der Waals surface area (Å²) in [6.45, 7) is -0.144. The fourth-order valence-corrected chi connectivity index (χ4v) is 2.39. The van der Waals surface area contributed by atoms with Crippen molar-refractivity contribution in [2.45, 2.75) is 0 Å². The maximum absolute atomic E-state index is 11.8. The Morgan fingerprint density at radius 2 is 1.92 bits per heavy atom. The molecule has 132 valence electrons. The van der Waals surface area contributed by atoms with Gasteiger partial charge in [0, 0.05) is 0 Å². The summed E-state index contributed by atoms with van der Waals surface area (Å²) in [6.07, 6.45) is 1.45. The lowest BCUT2D eigenvalue weighted by Crippen LogP contribution is -2.24. The van der Waals surface area contributed by atoms with Gasteiger partial charge in [-0.2, -0.15) is 5.10 Å². The van der Waals surface area contributed by atoms with E-state index in [1.165, 1.54) is 19.4 Å². The van der Waals surface area contributed by atoms with Crippen molar-refractivity contribution in [1.29, 1.82) is 0 Å². The maximum Gasteiger partial charge on any atom is 0.277 e. The molecular formula is C20H18N2O4. The van der Waals surface area contributed by atoms with Crippen LogP contribution >= 0.6 is 0 Å². The van der Waals surface area contributed by atoms with Gasteiger partial charge >= 0.3 is 0 Å². The Morgan fingerprint density at radius 1 is 1.12 bits per heavy atom. The first-order valence-electron chi connectivity index (χ1n) is 7.96. The summed E-state index contributed by atoms with van der Waals surface area (Å²) in [7, 11) is 1.46. The number of nitrogens with one attached hydrogen (secondary N) is 1. The van der Waals surface area contributed by atoms with E-state index in [1.807, 2.05) is 42.5 Å². The van der Waals surface area contributed by atoms with E-state index in [-0.39, 0.29) is 18.3 Å². The summed E-state index contributed by atoms with van der Waals surface area (Å²) < 4.78 is 10.5. The molecule has 0 bridgehead atoms. The number of aromatic hydroxyl groups is 1. The van der Waals surface area contributed by atoms with Gasteiger partial charge in [-0.25, -0.2) is 5.43 Å². The third-order valence-corrected chi connectivity index (χ3v) is 3.70. The van der Waals surface area contributed by atoms with Gasteiger partial charge in [0.05, 0.1) is 13.3 Å². The smallest absolute Gasteiger partial charge is 0.277 e. The molecule has 1 amide bonds. The van der Waals surface area contributed by atoms with Crippen LogP contribution in [-0.2, 0) is 4.79 Å². The number of hydrogen-bond acceptors (Lipinski definition) is 5. The van der Waals surface area contributed by atoms with Crippen LogP contribution in [0.2, 0.25) is 0 Å². The molecule has 3 aromatic carbocycles. The number of benzene rings is 3. The van der Waals surface area contributed by atoms with Crippen LogP contribution in [-0.4, -0.2) is 30.9 Å². The van der Waals surface area contributed by atoms with E-state index in [0.717, 1.165) is 10.8 Å². The number of methoxy groups -OCH3 is 1. The highest BCUT2D eigenvalue weighted by Gasteiger charge is 2.03. The largest absolute Gasteiger partial charge is 0.504 e. The Hall–Kier alpha value is -3.54. The van der Waals surface area contributed by atoms with Crippen LogP contribution in [0.5, 0.6) is 17.2 Å². The Bertz CT molecular complexity index is 953. The number of carbonyl (C=O) groups is 1. The van der Waals surface area contributed by atoms with Crippen molar-refractivity contribution in [2.75, 3.05) is 13.7 Å². The van der Waals surface area contributed by atoms with Crippen molar-refractivity contribution in [3.8, 4) is 17.2 Å². The number of hydrazone groups is 1. The Kier molecular flexibility index (Phi) is 5.34. The fraction of sp³-hybridized carbons (Fsp3) is 0.100. The summed E-state index contributed by atoms with van der Waals surface area (Å²) in [5, 5.41) is 15.6. The van der Waals surface area contributed by atoms with E-state index >= 15 is 0 Å². The molecule has 3 aromatic rings. The molecule has 0 aromatic heterocycles. The number of rotatable bonds is 6. The molecule has 26 heavy (non-hydrogen) atoms. The van der Waals surface area contributed by atoms with Crippen molar-refractivity contribution in [1.82, 2.24) is 5.43 Å². The number of fused-ring (bicyclic) bond motifs is 1. The summed E-state index contributed by atoms with van der Waals surface area (Å²) >= 11 is 0. The first-order chi connectivity index (χ1) is 12.7. The molecule has 0 aliphatic carbocycles. The van der Waals surface area contributed by atoms with Crippen LogP contribution in [0.15, 0.2) is 65.8 Å². The zero-order valence-electron chi connectivity index (χ0n) is 14.2. The number of phenolic OH excluding ortho intramolecular Hbond substituents is 1. The first-order valence-corrected chi connectivity index (χ1v) is 7.96. The van der Waals surface area contributed by atoms with Gasteiger partial charge in [0.2, 0.25) is 0 Å². The van der Waals surface area contributed by atoms with Crippen molar-refractivity contribution in [2.24, 2.45) is 5.10 Å². The number of carbonyl (C=O) groups excluding carboxylic acids is 1. The van der Waals surface area contributed by atoms with Crippen LogP contribution in [0.4, 0.5) is 0 Å². The number of nitrogens with zero attached hydrogens (tertiary/aromatic N) is 1. The van der Waals surface area contributed by atoms with Crippen LogP contribution in [0.1, 0.15) is 5.56 Å². The molecule has 0 spiro atoms. The summed E-state index contributed by atoms with van der Waals surface area (Å²) in [5.74, 6) is 0.614. The van der Waals surface area contributed by atoms with Gasteiger partial charge in [-0.05, 0) is 46.7 Å². The van der Waals surface area contributed by atoms with Crippen LogP contribution in [0.3, 0.4) is 0 Å². The second-order valence-corrected chi connectivity index (χ2v) is 5.52. The molecule has 0 saturated carbocycles. The average Bonchev–Trinajstić information content (AvgIpc) is 2.67. The Balaban J connectivity index is 1.53. The zero-order chi connectivity index (χ0) is 18.4. The number of phenols is 1. The van der Waals surface area contributed by atoms with Crippen LogP contribution in [0, 0.1) is 0 Å². The van der Waals surface area contributed by atoms with Crippen molar-refractivity contribution >= 4 is 22.9 Å². The third kappa shape index (κ3) is 4.30. The average molecular weight is 350 g/mol. The van der Waals surface area contributed by atoms with Gasteiger partial charge in [0.25, 0.3) is 5.91 Å².